The van der Waals surface area contributed by atoms with Crippen molar-refractivity contribution in [2.24, 2.45) is 0 Å². The molecule has 7 nitrogen and oxygen atoms in total. The summed E-state index contributed by atoms with van der Waals surface area (Å²) in [4.78, 5) is 9.71. The average Bonchev–Trinajstić information content (AvgIpc) is 2.74. The van der Waals surface area contributed by atoms with E-state index in [2.05, 4.69) is 20.0 Å². The Morgan fingerprint density at radius 3 is 2.30 bits per heavy atom. The van der Waals surface area contributed by atoms with Crippen molar-refractivity contribution in [1.82, 2.24) is 9.97 Å². The summed E-state index contributed by atoms with van der Waals surface area (Å²) in [5.41, 5.74) is 1.85. The molecular formula is C21H17ClN4O3S. The maximum Gasteiger partial charge on any atom is 0.182 e. The van der Waals surface area contributed by atoms with E-state index in [1.54, 1.807) is 30.3 Å². The summed E-state index contributed by atoms with van der Waals surface area (Å²) in [7, 11) is -0.0789. The Kier molecular flexibility index (Phi) is 5.69. The van der Waals surface area contributed by atoms with E-state index in [4.69, 9.17) is 16.3 Å². The van der Waals surface area contributed by atoms with Crippen LogP contribution in [-0.2, 0) is 11.0 Å². The maximum absolute atomic E-state index is 12.8. The van der Waals surface area contributed by atoms with Gasteiger partial charge in [0.25, 0.3) is 0 Å². The van der Waals surface area contributed by atoms with Crippen molar-refractivity contribution in [3.8, 4) is 11.5 Å². The number of benzene rings is 3. The summed E-state index contributed by atoms with van der Waals surface area (Å²) in [6.07, 6.45) is 0. The molecule has 0 amide bonds. The third-order valence-corrected chi connectivity index (χ3v) is 5.51. The molecular weight excluding hydrogens is 424 g/mol. The van der Waals surface area contributed by atoms with Crippen LogP contribution in [0.5, 0.6) is 11.5 Å². The third-order valence-electron chi connectivity index (χ3n) is 4.18. The number of rotatable bonds is 6. The van der Waals surface area contributed by atoms with E-state index in [0.29, 0.717) is 44.0 Å². The van der Waals surface area contributed by atoms with Gasteiger partial charge in [-0.25, -0.2) is 14.2 Å². The van der Waals surface area contributed by atoms with Gasteiger partial charge in [0.2, 0.25) is 0 Å². The molecule has 0 bridgehead atoms. The number of hydrogen-bond donors (Lipinski definition) is 3. The highest BCUT2D eigenvalue weighted by Crippen LogP contribution is 2.30. The van der Waals surface area contributed by atoms with E-state index in [9.17, 15) is 9.32 Å². The number of anilines is 3. The number of nitrogens with one attached hydrogen (secondary N) is 2. The van der Waals surface area contributed by atoms with Crippen LogP contribution >= 0.6 is 11.6 Å². The number of ether oxygens (including phenoxy) is 1. The first-order valence-electron chi connectivity index (χ1n) is 8.88. The lowest BCUT2D eigenvalue weighted by molar-refractivity contribution is 0.408. The van der Waals surface area contributed by atoms with Gasteiger partial charge in [-0.05, 0) is 36.4 Å². The SMILES string of the molecule is COc1cc(O)cc(Nc2nc3ccccc3nc2NS(=O)c2ccc(Cl)cc2)c1. The van der Waals surface area contributed by atoms with Gasteiger partial charge in [0.05, 0.1) is 23.0 Å². The lowest BCUT2D eigenvalue weighted by atomic mass is 10.2. The topological polar surface area (TPSA) is 96.4 Å². The molecule has 30 heavy (non-hydrogen) atoms. The van der Waals surface area contributed by atoms with E-state index in [1.807, 2.05) is 24.3 Å². The van der Waals surface area contributed by atoms with Gasteiger partial charge in [-0.3, -0.25) is 4.72 Å². The average molecular weight is 441 g/mol. The molecule has 1 unspecified atom stereocenters. The molecule has 3 aromatic carbocycles. The fourth-order valence-electron chi connectivity index (χ4n) is 2.77. The quantitative estimate of drug-likeness (QED) is 0.395. The molecule has 1 atom stereocenters. The van der Waals surface area contributed by atoms with E-state index in [1.165, 1.54) is 19.2 Å². The first-order chi connectivity index (χ1) is 14.5. The highest BCUT2D eigenvalue weighted by atomic mass is 35.5. The molecule has 0 fully saturated rings. The normalized spacial score (nSPS) is 11.8. The van der Waals surface area contributed by atoms with Gasteiger partial charge >= 0.3 is 0 Å². The molecule has 4 aromatic rings. The summed E-state index contributed by atoms with van der Waals surface area (Å²) in [6.45, 7) is 0. The summed E-state index contributed by atoms with van der Waals surface area (Å²) < 4.78 is 20.9. The van der Waals surface area contributed by atoms with Crippen LogP contribution in [-0.4, -0.2) is 26.4 Å². The molecule has 4 rings (SSSR count). The van der Waals surface area contributed by atoms with Crippen molar-refractivity contribution in [1.29, 1.82) is 0 Å². The molecule has 1 heterocycles. The fourth-order valence-corrected chi connectivity index (χ4v) is 3.72. The lowest BCUT2D eigenvalue weighted by Crippen LogP contribution is -2.10. The monoisotopic (exact) mass is 440 g/mol. The van der Waals surface area contributed by atoms with E-state index >= 15 is 0 Å². The molecule has 0 aliphatic carbocycles. The van der Waals surface area contributed by atoms with Crippen LogP contribution in [0.15, 0.2) is 71.6 Å². The predicted octanol–water partition coefficient (Wildman–Crippen LogP) is 4.88. The number of aromatic hydroxyl groups is 1. The van der Waals surface area contributed by atoms with Crippen molar-refractivity contribution in [3.05, 3.63) is 71.8 Å². The highest BCUT2D eigenvalue weighted by molar-refractivity contribution is 7.86. The number of para-hydroxylation sites is 2. The molecule has 0 spiro atoms. The van der Waals surface area contributed by atoms with Gasteiger partial charge in [0.1, 0.15) is 11.5 Å². The third kappa shape index (κ3) is 4.45. The number of methoxy groups -OCH3 is 1. The Morgan fingerprint density at radius 2 is 1.63 bits per heavy atom. The Bertz CT molecular complexity index is 1230. The maximum atomic E-state index is 12.8. The van der Waals surface area contributed by atoms with Crippen molar-refractivity contribution in [3.63, 3.8) is 0 Å². The Morgan fingerprint density at radius 1 is 0.967 bits per heavy atom. The van der Waals surface area contributed by atoms with Crippen LogP contribution in [0.25, 0.3) is 11.0 Å². The molecule has 0 aliphatic heterocycles. The summed E-state index contributed by atoms with van der Waals surface area (Å²) in [6, 6.07) is 18.8. The number of nitrogens with zero attached hydrogens (tertiary/aromatic N) is 2. The first-order valence-corrected chi connectivity index (χ1v) is 10.4. The second kappa shape index (κ2) is 8.56. The molecule has 1 aromatic heterocycles. The lowest BCUT2D eigenvalue weighted by Gasteiger charge is -2.14. The van der Waals surface area contributed by atoms with Gasteiger partial charge in [0, 0.05) is 28.9 Å². The van der Waals surface area contributed by atoms with Crippen LogP contribution < -0.4 is 14.8 Å². The largest absolute Gasteiger partial charge is 0.508 e. The summed E-state index contributed by atoms with van der Waals surface area (Å²) in [5, 5.41) is 13.6. The molecule has 3 N–H and O–H groups in total. The minimum atomic E-state index is -1.59. The zero-order chi connectivity index (χ0) is 21.1. The Balaban J connectivity index is 1.73. The second-order valence-electron chi connectivity index (χ2n) is 6.28. The van der Waals surface area contributed by atoms with E-state index in [0.717, 1.165) is 0 Å². The number of hydrogen-bond acceptors (Lipinski definition) is 6. The van der Waals surface area contributed by atoms with Gasteiger partial charge < -0.3 is 15.2 Å². The number of phenols is 1. The summed E-state index contributed by atoms with van der Waals surface area (Å²) >= 11 is 5.91. The Labute approximate surface area is 180 Å². The minimum absolute atomic E-state index is 0.0323. The predicted molar refractivity (Wildman–Crippen MR) is 119 cm³/mol. The summed E-state index contributed by atoms with van der Waals surface area (Å²) in [5.74, 6) is 1.16. The van der Waals surface area contributed by atoms with Crippen molar-refractivity contribution in [2.45, 2.75) is 4.90 Å². The highest BCUT2D eigenvalue weighted by Gasteiger charge is 2.14. The van der Waals surface area contributed by atoms with Crippen LogP contribution in [0.3, 0.4) is 0 Å². The zero-order valence-electron chi connectivity index (χ0n) is 15.8. The van der Waals surface area contributed by atoms with Gasteiger partial charge in [-0.1, -0.05) is 23.7 Å². The standard InChI is InChI=1S/C21H17ClN4O3S/c1-29-16-11-14(10-15(27)12-16)23-20-21(25-19-5-3-2-4-18(19)24-20)26-30(28)17-8-6-13(22)7-9-17/h2-12,27H,1H3,(H,23,24)(H,25,26). The molecule has 9 heteroatoms. The number of fused-ring (bicyclic) bond motifs is 1. The van der Waals surface area contributed by atoms with Gasteiger partial charge in [-0.15, -0.1) is 0 Å². The van der Waals surface area contributed by atoms with Crippen LogP contribution in [0.4, 0.5) is 17.3 Å². The second-order valence-corrected chi connectivity index (χ2v) is 7.93. The molecule has 0 radical (unpaired) electrons. The van der Waals surface area contributed by atoms with Gasteiger partial charge in [-0.2, -0.15) is 0 Å². The number of aromatic nitrogens is 2. The van der Waals surface area contributed by atoms with Crippen LogP contribution in [0.2, 0.25) is 5.02 Å². The zero-order valence-corrected chi connectivity index (χ0v) is 17.4. The smallest absolute Gasteiger partial charge is 0.182 e. The molecule has 0 aliphatic rings. The molecule has 0 saturated heterocycles. The Hall–Kier alpha value is -3.36. The van der Waals surface area contributed by atoms with E-state index < -0.39 is 11.0 Å². The number of phenolic OH excluding ortho intramolecular Hbond substituents is 1. The van der Waals surface area contributed by atoms with Crippen molar-refractivity contribution >= 4 is 50.9 Å². The minimum Gasteiger partial charge on any atom is -0.508 e. The van der Waals surface area contributed by atoms with Crippen molar-refractivity contribution in [2.75, 3.05) is 17.1 Å². The van der Waals surface area contributed by atoms with Gasteiger partial charge in [0.15, 0.2) is 22.6 Å². The molecule has 0 saturated carbocycles. The van der Waals surface area contributed by atoms with Crippen LogP contribution in [0, 0.1) is 0 Å². The first kappa shape index (κ1) is 19.9. The van der Waals surface area contributed by atoms with E-state index in [-0.39, 0.29) is 5.75 Å². The molecule has 152 valence electrons. The van der Waals surface area contributed by atoms with Crippen molar-refractivity contribution < 1.29 is 14.1 Å². The van der Waals surface area contributed by atoms with Crippen LogP contribution in [0.1, 0.15) is 0 Å². The number of halogens is 1. The fraction of sp³-hybridized carbons (Fsp3) is 0.0476.